The predicted octanol–water partition coefficient (Wildman–Crippen LogP) is 3.03. The van der Waals surface area contributed by atoms with E-state index in [9.17, 15) is 5.11 Å². The van der Waals surface area contributed by atoms with E-state index >= 15 is 0 Å². The number of rotatable bonds is 2. The molecule has 84 valence electrons. The van der Waals surface area contributed by atoms with Gasteiger partial charge < -0.3 is 14.4 Å². The highest BCUT2D eigenvalue weighted by molar-refractivity contribution is 5.80. The van der Waals surface area contributed by atoms with Crippen LogP contribution in [0.1, 0.15) is 5.56 Å². The molecular formula is C13H15NO2. The first-order valence-corrected chi connectivity index (χ1v) is 5.14. The fourth-order valence-electron chi connectivity index (χ4n) is 1.74. The molecule has 0 aliphatic carbocycles. The van der Waals surface area contributed by atoms with Crippen molar-refractivity contribution in [2.75, 3.05) is 19.0 Å². The Kier molecular flexibility index (Phi) is 2.60. The van der Waals surface area contributed by atoms with Crippen molar-refractivity contribution in [3.8, 4) is 16.9 Å². The zero-order chi connectivity index (χ0) is 11.7. The van der Waals surface area contributed by atoms with Gasteiger partial charge >= 0.3 is 0 Å². The van der Waals surface area contributed by atoms with Gasteiger partial charge in [0.25, 0.3) is 0 Å². The van der Waals surface area contributed by atoms with Crippen LogP contribution in [-0.4, -0.2) is 19.2 Å². The Morgan fingerprint density at radius 1 is 1.25 bits per heavy atom. The van der Waals surface area contributed by atoms with Gasteiger partial charge in [0.1, 0.15) is 6.26 Å². The van der Waals surface area contributed by atoms with Crippen LogP contribution < -0.4 is 4.90 Å². The van der Waals surface area contributed by atoms with Crippen LogP contribution in [0.3, 0.4) is 0 Å². The lowest BCUT2D eigenvalue weighted by Gasteiger charge is -2.11. The molecule has 2 rings (SSSR count). The van der Waals surface area contributed by atoms with Gasteiger partial charge in [-0.3, -0.25) is 0 Å². The molecule has 1 heterocycles. The average molecular weight is 217 g/mol. The van der Waals surface area contributed by atoms with Crippen molar-refractivity contribution >= 4 is 5.88 Å². The normalized spacial score (nSPS) is 10.4. The Balaban J connectivity index is 2.59. The number of aryl methyl sites for hydroxylation is 1. The summed E-state index contributed by atoms with van der Waals surface area (Å²) in [5.41, 5.74) is 2.87. The molecule has 0 aliphatic heterocycles. The minimum absolute atomic E-state index is 0.175. The summed E-state index contributed by atoms with van der Waals surface area (Å²) in [4.78, 5) is 1.84. The number of hydrogen-bond donors (Lipinski definition) is 1. The molecular weight excluding hydrogens is 202 g/mol. The summed E-state index contributed by atoms with van der Waals surface area (Å²) in [5.74, 6) is 0.845. The molecule has 0 bridgehead atoms. The van der Waals surface area contributed by atoms with Gasteiger partial charge in [0.15, 0.2) is 5.75 Å². The molecule has 2 aromatic rings. The average Bonchev–Trinajstić information content (AvgIpc) is 2.60. The molecule has 16 heavy (non-hydrogen) atoms. The van der Waals surface area contributed by atoms with E-state index in [4.69, 9.17) is 4.42 Å². The van der Waals surface area contributed by atoms with Crippen LogP contribution in [0.25, 0.3) is 11.1 Å². The van der Waals surface area contributed by atoms with Gasteiger partial charge in [-0.05, 0) is 12.5 Å². The summed E-state index contributed by atoms with van der Waals surface area (Å²) in [6.45, 7) is 2.02. The van der Waals surface area contributed by atoms with Crippen molar-refractivity contribution in [1.29, 1.82) is 0 Å². The maximum absolute atomic E-state index is 9.80. The van der Waals surface area contributed by atoms with Gasteiger partial charge in [-0.25, -0.2) is 0 Å². The van der Waals surface area contributed by atoms with Gasteiger partial charge in [-0.1, -0.05) is 29.8 Å². The second-order valence-electron chi connectivity index (χ2n) is 4.07. The highest BCUT2D eigenvalue weighted by Gasteiger charge is 2.16. The summed E-state index contributed by atoms with van der Waals surface area (Å²) in [6.07, 6.45) is 1.37. The Hall–Kier alpha value is -1.90. The third-order valence-electron chi connectivity index (χ3n) is 2.47. The Morgan fingerprint density at radius 2 is 2.00 bits per heavy atom. The Labute approximate surface area is 94.9 Å². The molecule has 3 nitrogen and oxygen atoms in total. The number of furan rings is 1. The van der Waals surface area contributed by atoms with E-state index < -0.39 is 0 Å². The van der Waals surface area contributed by atoms with Crippen LogP contribution in [0.2, 0.25) is 0 Å². The number of anilines is 1. The molecule has 1 aromatic heterocycles. The van der Waals surface area contributed by atoms with Crippen LogP contribution in [-0.2, 0) is 0 Å². The maximum atomic E-state index is 9.80. The van der Waals surface area contributed by atoms with Crippen LogP contribution >= 0.6 is 0 Å². The molecule has 0 radical (unpaired) electrons. The van der Waals surface area contributed by atoms with Crippen molar-refractivity contribution in [2.24, 2.45) is 0 Å². The molecule has 0 aliphatic rings. The zero-order valence-corrected chi connectivity index (χ0v) is 9.69. The summed E-state index contributed by atoms with van der Waals surface area (Å²) >= 11 is 0. The monoisotopic (exact) mass is 217 g/mol. The quantitative estimate of drug-likeness (QED) is 0.840. The predicted molar refractivity (Wildman–Crippen MR) is 64.9 cm³/mol. The summed E-state index contributed by atoms with van der Waals surface area (Å²) in [6, 6.07) is 7.98. The van der Waals surface area contributed by atoms with Crippen molar-refractivity contribution in [3.05, 3.63) is 36.1 Å². The van der Waals surface area contributed by atoms with Gasteiger partial charge in [-0.15, -0.1) is 0 Å². The van der Waals surface area contributed by atoms with E-state index in [1.165, 1.54) is 6.26 Å². The lowest BCUT2D eigenvalue weighted by molar-refractivity contribution is 0.459. The first-order valence-electron chi connectivity index (χ1n) is 5.14. The van der Waals surface area contributed by atoms with Gasteiger partial charge in [0.2, 0.25) is 5.88 Å². The molecule has 0 atom stereocenters. The third-order valence-corrected chi connectivity index (χ3v) is 2.47. The second kappa shape index (κ2) is 3.93. The van der Waals surface area contributed by atoms with E-state index in [0.29, 0.717) is 5.88 Å². The smallest absolute Gasteiger partial charge is 0.206 e. The molecule has 1 aromatic carbocycles. The highest BCUT2D eigenvalue weighted by Crippen LogP contribution is 2.39. The lowest BCUT2D eigenvalue weighted by atomic mass is 10.0. The van der Waals surface area contributed by atoms with Crippen LogP contribution in [0.5, 0.6) is 5.75 Å². The summed E-state index contributed by atoms with van der Waals surface area (Å²) in [5, 5.41) is 9.80. The molecule has 0 saturated carbocycles. The Morgan fingerprint density at radius 3 is 2.62 bits per heavy atom. The molecule has 0 amide bonds. The van der Waals surface area contributed by atoms with Crippen molar-refractivity contribution in [3.63, 3.8) is 0 Å². The topological polar surface area (TPSA) is 36.6 Å². The lowest BCUT2D eigenvalue weighted by Crippen LogP contribution is -2.08. The summed E-state index contributed by atoms with van der Waals surface area (Å²) < 4.78 is 5.33. The molecule has 0 saturated heterocycles. The van der Waals surface area contributed by atoms with Crippen molar-refractivity contribution in [1.82, 2.24) is 0 Å². The molecule has 0 fully saturated rings. The fourth-order valence-corrected chi connectivity index (χ4v) is 1.74. The Bertz CT molecular complexity index is 500. The standard InChI is InChI=1S/C13H15NO2/c1-9-5-4-6-10(7-9)12-11(15)8-16-13(12)14(2)3/h4-8,15H,1-3H3. The van der Waals surface area contributed by atoms with Gasteiger partial charge in [0.05, 0.1) is 5.56 Å². The minimum Gasteiger partial charge on any atom is -0.504 e. The van der Waals surface area contributed by atoms with Crippen molar-refractivity contribution < 1.29 is 9.52 Å². The molecule has 1 N–H and O–H groups in total. The van der Waals surface area contributed by atoms with Crippen molar-refractivity contribution in [2.45, 2.75) is 6.92 Å². The largest absolute Gasteiger partial charge is 0.504 e. The van der Waals surface area contributed by atoms with Gasteiger partial charge in [-0.2, -0.15) is 0 Å². The molecule has 3 heteroatoms. The van der Waals surface area contributed by atoms with Gasteiger partial charge in [0, 0.05) is 14.1 Å². The van der Waals surface area contributed by atoms with Crippen LogP contribution in [0, 0.1) is 6.92 Å². The van der Waals surface area contributed by atoms with E-state index in [2.05, 4.69) is 0 Å². The fraction of sp³-hybridized carbons (Fsp3) is 0.231. The first-order chi connectivity index (χ1) is 7.59. The van der Waals surface area contributed by atoms with Crippen LogP contribution in [0.15, 0.2) is 34.9 Å². The first kappa shape index (κ1) is 10.6. The highest BCUT2D eigenvalue weighted by atomic mass is 16.4. The summed E-state index contributed by atoms with van der Waals surface area (Å²) in [7, 11) is 3.77. The number of benzene rings is 1. The number of nitrogens with zero attached hydrogens (tertiary/aromatic N) is 1. The molecule has 0 spiro atoms. The van der Waals surface area contributed by atoms with E-state index in [1.807, 2.05) is 50.2 Å². The van der Waals surface area contributed by atoms with E-state index in [0.717, 1.165) is 16.7 Å². The molecule has 0 unspecified atom stereocenters. The second-order valence-corrected chi connectivity index (χ2v) is 4.07. The van der Waals surface area contributed by atoms with E-state index in [-0.39, 0.29) is 5.75 Å². The number of aromatic hydroxyl groups is 1. The van der Waals surface area contributed by atoms with E-state index in [1.54, 1.807) is 0 Å². The SMILES string of the molecule is Cc1cccc(-c2c(O)coc2N(C)C)c1. The maximum Gasteiger partial charge on any atom is 0.206 e. The zero-order valence-electron chi connectivity index (χ0n) is 9.69. The number of hydrogen-bond acceptors (Lipinski definition) is 3. The third kappa shape index (κ3) is 1.76. The minimum atomic E-state index is 0.175. The van der Waals surface area contributed by atoms with Crippen LogP contribution in [0.4, 0.5) is 5.88 Å².